The summed E-state index contributed by atoms with van der Waals surface area (Å²) in [5.74, 6) is -0.947. The van der Waals surface area contributed by atoms with Crippen LogP contribution >= 0.6 is 0 Å². The summed E-state index contributed by atoms with van der Waals surface area (Å²) in [7, 11) is -3.80. The maximum atomic E-state index is 13.1. The van der Waals surface area contributed by atoms with Gasteiger partial charge in [-0.2, -0.15) is 13.2 Å². The monoisotopic (exact) mass is 535 g/mol. The number of hydrogen-bond acceptors (Lipinski definition) is 4. The van der Waals surface area contributed by atoms with E-state index in [0.29, 0.717) is 42.7 Å². The molecule has 37 heavy (non-hydrogen) atoms. The zero-order valence-corrected chi connectivity index (χ0v) is 20.4. The first-order chi connectivity index (χ1) is 17.5. The summed E-state index contributed by atoms with van der Waals surface area (Å²) in [6.07, 6.45) is -3.49. The van der Waals surface area contributed by atoms with Crippen LogP contribution in [-0.2, 0) is 22.7 Å². The summed E-state index contributed by atoms with van der Waals surface area (Å²) in [5.41, 5.74) is 0.580. The summed E-state index contributed by atoms with van der Waals surface area (Å²) in [6, 6.07) is 16.0. The number of anilines is 1. The van der Waals surface area contributed by atoms with Crippen molar-refractivity contribution in [2.45, 2.75) is 36.5 Å². The van der Waals surface area contributed by atoms with Crippen LogP contribution in [0, 0.1) is 5.82 Å². The average molecular weight is 536 g/mol. The molecule has 0 saturated carbocycles. The standard InChI is InChI=1S/C26H25F4N3O3S/c27-20-8-10-22(11-9-20)37(35,36)32-21-12-14-33(15-13-21)24-7-2-1-6-23(24)25(34)31-17-18-4-3-5-19(16-18)26(28,29)30/h1-11,16,21,32H,12-15,17H2,(H,31,34). The van der Waals surface area contributed by atoms with Crippen molar-refractivity contribution in [1.82, 2.24) is 10.0 Å². The molecular weight excluding hydrogens is 510 g/mol. The molecule has 1 aliphatic rings. The van der Waals surface area contributed by atoms with Gasteiger partial charge in [0.05, 0.1) is 16.0 Å². The van der Waals surface area contributed by atoms with Crippen LogP contribution in [0.4, 0.5) is 23.2 Å². The number of alkyl halides is 3. The smallest absolute Gasteiger partial charge is 0.371 e. The van der Waals surface area contributed by atoms with Crippen LogP contribution in [-0.4, -0.2) is 33.5 Å². The zero-order chi connectivity index (χ0) is 26.6. The van der Waals surface area contributed by atoms with Crippen molar-refractivity contribution in [3.8, 4) is 0 Å². The van der Waals surface area contributed by atoms with Crippen LogP contribution in [0.2, 0.25) is 0 Å². The second-order valence-electron chi connectivity index (χ2n) is 8.73. The number of halogens is 4. The molecule has 11 heteroatoms. The number of amides is 1. The number of para-hydroxylation sites is 1. The Morgan fingerprint density at radius 1 is 0.946 bits per heavy atom. The van der Waals surface area contributed by atoms with Crippen LogP contribution < -0.4 is 14.9 Å². The predicted molar refractivity (Wildman–Crippen MR) is 131 cm³/mol. The molecule has 0 aromatic heterocycles. The molecule has 1 heterocycles. The molecule has 6 nitrogen and oxygen atoms in total. The van der Waals surface area contributed by atoms with Gasteiger partial charge >= 0.3 is 6.18 Å². The van der Waals surface area contributed by atoms with Gasteiger partial charge in [-0.15, -0.1) is 0 Å². The maximum Gasteiger partial charge on any atom is 0.416 e. The van der Waals surface area contributed by atoms with Gasteiger partial charge in [-0.1, -0.05) is 24.3 Å². The summed E-state index contributed by atoms with van der Waals surface area (Å²) in [4.78, 5) is 14.9. The zero-order valence-electron chi connectivity index (χ0n) is 19.6. The fourth-order valence-corrected chi connectivity index (χ4v) is 5.52. The van der Waals surface area contributed by atoms with Gasteiger partial charge < -0.3 is 10.2 Å². The molecule has 4 rings (SSSR count). The van der Waals surface area contributed by atoms with Gasteiger partial charge in [0, 0.05) is 31.4 Å². The molecule has 0 bridgehead atoms. The molecule has 2 N–H and O–H groups in total. The van der Waals surface area contributed by atoms with Crippen molar-refractivity contribution < 1.29 is 30.8 Å². The summed E-state index contributed by atoms with van der Waals surface area (Å²) in [5, 5.41) is 2.68. The van der Waals surface area contributed by atoms with Crippen molar-refractivity contribution in [2.24, 2.45) is 0 Å². The third-order valence-electron chi connectivity index (χ3n) is 6.14. The second-order valence-corrected chi connectivity index (χ2v) is 10.4. The quantitative estimate of drug-likeness (QED) is 0.429. The molecule has 1 aliphatic heterocycles. The highest BCUT2D eigenvalue weighted by Crippen LogP contribution is 2.30. The molecule has 1 amide bonds. The summed E-state index contributed by atoms with van der Waals surface area (Å²) >= 11 is 0. The van der Waals surface area contributed by atoms with E-state index in [1.165, 1.54) is 24.3 Å². The third kappa shape index (κ3) is 6.66. The van der Waals surface area contributed by atoms with Gasteiger partial charge in [-0.3, -0.25) is 4.79 Å². The SMILES string of the molecule is O=C(NCc1cccc(C(F)(F)F)c1)c1ccccc1N1CCC(NS(=O)(=O)c2ccc(F)cc2)CC1. The number of sulfonamides is 1. The lowest BCUT2D eigenvalue weighted by atomic mass is 10.0. The van der Waals surface area contributed by atoms with E-state index in [-0.39, 0.29) is 17.5 Å². The van der Waals surface area contributed by atoms with E-state index in [2.05, 4.69) is 10.0 Å². The lowest BCUT2D eigenvalue weighted by molar-refractivity contribution is -0.137. The van der Waals surface area contributed by atoms with Gasteiger partial charge in [0.15, 0.2) is 0 Å². The highest BCUT2D eigenvalue weighted by Gasteiger charge is 2.30. The lowest BCUT2D eigenvalue weighted by Gasteiger charge is -2.34. The normalized spacial score (nSPS) is 15.0. The van der Waals surface area contributed by atoms with Crippen LogP contribution in [0.25, 0.3) is 0 Å². The number of carbonyl (C=O) groups excluding carboxylic acids is 1. The highest BCUT2D eigenvalue weighted by molar-refractivity contribution is 7.89. The Morgan fingerprint density at radius 3 is 2.30 bits per heavy atom. The molecule has 3 aromatic carbocycles. The lowest BCUT2D eigenvalue weighted by Crippen LogP contribution is -2.45. The third-order valence-corrected chi connectivity index (χ3v) is 7.67. The van der Waals surface area contributed by atoms with E-state index in [1.54, 1.807) is 24.3 Å². The minimum Gasteiger partial charge on any atom is -0.371 e. The van der Waals surface area contributed by atoms with Crippen molar-refractivity contribution in [3.05, 3.63) is 95.3 Å². The minimum absolute atomic E-state index is 0.0147. The number of nitrogens with zero attached hydrogens (tertiary/aromatic N) is 1. The first-order valence-corrected chi connectivity index (χ1v) is 13.1. The van der Waals surface area contributed by atoms with Crippen LogP contribution in [0.5, 0.6) is 0 Å². The number of piperidine rings is 1. The average Bonchev–Trinajstić information content (AvgIpc) is 2.87. The number of rotatable bonds is 7. The van der Waals surface area contributed by atoms with Crippen LogP contribution in [0.1, 0.15) is 34.3 Å². The van der Waals surface area contributed by atoms with Gasteiger partial charge in [-0.25, -0.2) is 17.5 Å². The van der Waals surface area contributed by atoms with E-state index in [0.717, 1.165) is 24.3 Å². The molecule has 0 atom stereocenters. The Bertz CT molecular complexity index is 1350. The Morgan fingerprint density at radius 2 is 1.62 bits per heavy atom. The molecule has 0 unspecified atom stereocenters. The van der Waals surface area contributed by atoms with E-state index < -0.39 is 33.5 Å². The minimum atomic E-state index is -4.47. The van der Waals surface area contributed by atoms with Crippen molar-refractivity contribution in [3.63, 3.8) is 0 Å². The molecule has 0 aliphatic carbocycles. The fraction of sp³-hybridized carbons (Fsp3) is 0.269. The maximum absolute atomic E-state index is 13.1. The Labute approximate surface area is 212 Å². The molecule has 0 spiro atoms. The van der Waals surface area contributed by atoms with Crippen molar-refractivity contribution in [2.75, 3.05) is 18.0 Å². The van der Waals surface area contributed by atoms with E-state index in [4.69, 9.17) is 0 Å². The summed E-state index contributed by atoms with van der Waals surface area (Å²) < 4.78 is 79.9. The number of hydrogen-bond donors (Lipinski definition) is 2. The first kappa shape index (κ1) is 26.6. The topological polar surface area (TPSA) is 78.5 Å². The highest BCUT2D eigenvalue weighted by atomic mass is 32.2. The second kappa shape index (κ2) is 10.9. The Balaban J connectivity index is 1.38. The molecule has 0 radical (unpaired) electrons. The first-order valence-electron chi connectivity index (χ1n) is 11.6. The van der Waals surface area contributed by atoms with Gasteiger partial charge in [0.25, 0.3) is 5.91 Å². The summed E-state index contributed by atoms with van der Waals surface area (Å²) in [6.45, 7) is 0.896. The molecule has 3 aromatic rings. The Hall–Kier alpha value is -3.44. The number of nitrogens with one attached hydrogen (secondary N) is 2. The Kier molecular flexibility index (Phi) is 7.84. The van der Waals surface area contributed by atoms with Gasteiger partial charge in [0.2, 0.25) is 10.0 Å². The number of carbonyl (C=O) groups is 1. The van der Waals surface area contributed by atoms with Crippen LogP contribution in [0.15, 0.2) is 77.7 Å². The fourth-order valence-electron chi connectivity index (χ4n) is 4.22. The molecule has 196 valence electrons. The van der Waals surface area contributed by atoms with Gasteiger partial charge in [-0.05, 0) is 66.9 Å². The van der Waals surface area contributed by atoms with Crippen LogP contribution in [0.3, 0.4) is 0 Å². The molecule has 1 saturated heterocycles. The number of benzene rings is 3. The molecular formula is C26H25F4N3O3S. The molecule has 1 fully saturated rings. The van der Waals surface area contributed by atoms with E-state index in [9.17, 15) is 30.8 Å². The van der Waals surface area contributed by atoms with E-state index >= 15 is 0 Å². The predicted octanol–water partition coefficient (Wildman–Crippen LogP) is 4.72. The van der Waals surface area contributed by atoms with Crippen molar-refractivity contribution >= 4 is 21.6 Å². The largest absolute Gasteiger partial charge is 0.416 e. The van der Waals surface area contributed by atoms with Crippen molar-refractivity contribution in [1.29, 1.82) is 0 Å². The van der Waals surface area contributed by atoms with E-state index in [1.807, 2.05) is 4.90 Å². The van der Waals surface area contributed by atoms with Gasteiger partial charge in [0.1, 0.15) is 5.82 Å².